The van der Waals surface area contributed by atoms with Crippen LogP contribution in [0.15, 0.2) is 30.5 Å². The average molecular weight is 285 g/mol. The molecule has 0 atom stereocenters. The summed E-state index contributed by atoms with van der Waals surface area (Å²) in [4.78, 5) is 14.9. The fourth-order valence-electron chi connectivity index (χ4n) is 2.62. The molecular formula is C17H23N3O. The molecule has 3 N–H and O–H groups in total. The standard InChI is InChI=1S/C17H23N3O/c21-17(12-18-10-13-7-8-13)19-9-3-4-14-11-20-16-6-2-1-5-15(14)16/h1-2,5-6,11,13,18,20H,3-4,7-10,12H2,(H,19,21). The van der Waals surface area contributed by atoms with E-state index in [4.69, 9.17) is 0 Å². The number of para-hydroxylation sites is 1. The first-order valence-electron chi connectivity index (χ1n) is 7.85. The number of carbonyl (C=O) groups is 1. The number of H-pyrrole nitrogens is 1. The summed E-state index contributed by atoms with van der Waals surface area (Å²) in [6, 6.07) is 8.33. The van der Waals surface area contributed by atoms with Crippen LogP contribution in [-0.4, -0.2) is 30.5 Å². The summed E-state index contributed by atoms with van der Waals surface area (Å²) >= 11 is 0. The number of benzene rings is 1. The van der Waals surface area contributed by atoms with Crippen LogP contribution < -0.4 is 10.6 Å². The van der Waals surface area contributed by atoms with Crippen molar-refractivity contribution in [2.24, 2.45) is 5.92 Å². The number of hydrogen-bond acceptors (Lipinski definition) is 2. The molecular weight excluding hydrogens is 262 g/mol. The number of fused-ring (bicyclic) bond motifs is 1. The Morgan fingerprint density at radius 3 is 3.00 bits per heavy atom. The molecule has 1 aromatic heterocycles. The van der Waals surface area contributed by atoms with E-state index in [0.717, 1.165) is 31.8 Å². The molecule has 1 amide bonds. The molecule has 0 aliphatic heterocycles. The molecule has 1 saturated carbocycles. The quantitative estimate of drug-likeness (QED) is 0.651. The Kier molecular flexibility index (Phi) is 4.55. The molecule has 112 valence electrons. The second kappa shape index (κ2) is 6.76. The molecule has 1 aliphatic rings. The molecule has 1 aliphatic carbocycles. The van der Waals surface area contributed by atoms with E-state index in [1.807, 2.05) is 6.07 Å². The Morgan fingerprint density at radius 2 is 2.14 bits per heavy atom. The average Bonchev–Trinajstić information content (AvgIpc) is 3.23. The highest BCUT2D eigenvalue weighted by molar-refractivity contribution is 5.83. The Hall–Kier alpha value is -1.81. The minimum absolute atomic E-state index is 0.106. The van der Waals surface area contributed by atoms with Gasteiger partial charge < -0.3 is 15.6 Å². The van der Waals surface area contributed by atoms with Crippen LogP contribution >= 0.6 is 0 Å². The first-order valence-corrected chi connectivity index (χ1v) is 7.85. The van der Waals surface area contributed by atoms with Crippen LogP contribution in [0.2, 0.25) is 0 Å². The van der Waals surface area contributed by atoms with Crippen LogP contribution in [0.25, 0.3) is 10.9 Å². The van der Waals surface area contributed by atoms with E-state index in [1.165, 1.54) is 29.3 Å². The minimum atomic E-state index is 0.106. The van der Waals surface area contributed by atoms with Gasteiger partial charge in [0.2, 0.25) is 5.91 Å². The third kappa shape index (κ3) is 4.08. The third-order valence-corrected chi connectivity index (χ3v) is 4.04. The van der Waals surface area contributed by atoms with Crippen molar-refractivity contribution >= 4 is 16.8 Å². The highest BCUT2D eigenvalue weighted by atomic mass is 16.1. The minimum Gasteiger partial charge on any atom is -0.361 e. The Morgan fingerprint density at radius 1 is 1.29 bits per heavy atom. The fourth-order valence-corrected chi connectivity index (χ4v) is 2.62. The maximum atomic E-state index is 11.6. The summed E-state index contributed by atoms with van der Waals surface area (Å²) in [5.41, 5.74) is 2.51. The van der Waals surface area contributed by atoms with E-state index in [0.29, 0.717) is 6.54 Å². The number of nitrogens with one attached hydrogen (secondary N) is 3. The van der Waals surface area contributed by atoms with Crippen molar-refractivity contribution in [2.45, 2.75) is 25.7 Å². The van der Waals surface area contributed by atoms with E-state index in [1.54, 1.807) is 0 Å². The summed E-state index contributed by atoms with van der Waals surface area (Å²) in [6.45, 7) is 2.18. The lowest BCUT2D eigenvalue weighted by molar-refractivity contribution is -0.120. The molecule has 1 heterocycles. The molecule has 21 heavy (non-hydrogen) atoms. The first-order chi connectivity index (χ1) is 10.3. The summed E-state index contributed by atoms with van der Waals surface area (Å²) in [5, 5.41) is 7.47. The summed E-state index contributed by atoms with van der Waals surface area (Å²) < 4.78 is 0. The predicted octanol–water partition coefficient (Wildman–Crippen LogP) is 2.22. The van der Waals surface area contributed by atoms with Crippen LogP contribution in [0.1, 0.15) is 24.8 Å². The molecule has 0 radical (unpaired) electrons. The number of carbonyl (C=O) groups excluding carboxylic acids is 1. The van der Waals surface area contributed by atoms with Crippen molar-refractivity contribution in [1.29, 1.82) is 0 Å². The van der Waals surface area contributed by atoms with Crippen LogP contribution in [0.5, 0.6) is 0 Å². The summed E-state index contributed by atoms with van der Waals surface area (Å²) in [5.74, 6) is 0.925. The lowest BCUT2D eigenvalue weighted by Crippen LogP contribution is -2.35. The molecule has 3 rings (SSSR count). The molecule has 2 aromatic rings. The predicted molar refractivity (Wildman–Crippen MR) is 85.2 cm³/mol. The number of rotatable bonds is 8. The van der Waals surface area contributed by atoms with Gasteiger partial charge in [0.1, 0.15) is 0 Å². The zero-order chi connectivity index (χ0) is 14.5. The summed E-state index contributed by atoms with van der Waals surface area (Å²) in [6.07, 6.45) is 6.66. The Bertz CT molecular complexity index is 601. The molecule has 0 unspecified atom stereocenters. The second-order valence-electron chi connectivity index (χ2n) is 5.89. The monoisotopic (exact) mass is 285 g/mol. The Balaban J connectivity index is 1.34. The van der Waals surface area contributed by atoms with Gasteiger partial charge in [-0.05, 0) is 49.8 Å². The van der Waals surface area contributed by atoms with Crippen molar-refractivity contribution < 1.29 is 4.79 Å². The molecule has 0 saturated heterocycles. The van der Waals surface area contributed by atoms with Crippen LogP contribution in [0.3, 0.4) is 0 Å². The van der Waals surface area contributed by atoms with Gasteiger partial charge in [-0.25, -0.2) is 0 Å². The highest BCUT2D eigenvalue weighted by Crippen LogP contribution is 2.27. The number of amides is 1. The zero-order valence-corrected chi connectivity index (χ0v) is 12.3. The van der Waals surface area contributed by atoms with Crippen molar-refractivity contribution in [2.75, 3.05) is 19.6 Å². The smallest absolute Gasteiger partial charge is 0.233 e. The lowest BCUT2D eigenvalue weighted by Gasteiger charge is -2.06. The van der Waals surface area contributed by atoms with Crippen molar-refractivity contribution in [3.63, 3.8) is 0 Å². The normalized spacial score (nSPS) is 14.5. The van der Waals surface area contributed by atoms with Crippen LogP contribution in [0, 0.1) is 5.92 Å². The number of hydrogen-bond donors (Lipinski definition) is 3. The van der Waals surface area contributed by atoms with Gasteiger partial charge in [0.05, 0.1) is 6.54 Å². The van der Waals surface area contributed by atoms with E-state index in [-0.39, 0.29) is 5.91 Å². The van der Waals surface area contributed by atoms with Gasteiger partial charge in [-0.1, -0.05) is 18.2 Å². The van der Waals surface area contributed by atoms with E-state index >= 15 is 0 Å². The molecule has 4 nitrogen and oxygen atoms in total. The van der Waals surface area contributed by atoms with Crippen molar-refractivity contribution in [3.8, 4) is 0 Å². The maximum Gasteiger partial charge on any atom is 0.233 e. The van der Waals surface area contributed by atoms with Crippen LogP contribution in [0.4, 0.5) is 0 Å². The zero-order valence-electron chi connectivity index (χ0n) is 12.3. The van der Waals surface area contributed by atoms with Gasteiger partial charge in [0.15, 0.2) is 0 Å². The van der Waals surface area contributed by atoms with Crippen LogP contribution in [-0.2, 0) is 11.2 Å². The summed E-state index contributed by atoms with van der Waals surface area (Å²) in [7, 11) is 0. The van der Waals surface area contributed by atoms with E-state index in [2.05, 4.69) is 40.0 Å². The van der Waals surface area contributed by atoms with Crippen molar-refractivity contribution in [3.05, 3.63) is 36.0 Å². The third-order valence-electron chi connectivity index (χ3n) is 4.04. The van der Waals surface area contributed by atoms with Gasteiger partial charge in [-0.3, -0.25) is 4.79 Å². The van der Waals surface area contributed by atoms with Gasteiger partial charge in [-0.15, -0.1) is 0 Å². The molecule has 4 heteroatoms. The molecule has 0 spiro atoms. The van der Waals surface area contributed by atoms with Gasteiger partial charge in [0.25, 0.3) is 0 Å². The number of aromatic amines is 1. The second-order valence-corrected chi connectivity index (χ2v) is 5.89. The largest absolute Gasteiger partial charge is 0.361 e. The van der Waals surface area contributed by atoms with Gasteiger partial charge in [-0.2, -0.15) is 0 Å². The van der Waals surface area contributed by atoms with Crippen molar-refractivity contribution in [1.82, 2.24) is 15.6 Å². The SMILES string of the molecule is O=C(CNCC1CC1)NCCCc1c[nH]c2ccccc12. The lowest BCUT2D eigenvalue weighted by atomic mass is 10.1. The fraction of sp³-hybridized carbons (Fsp3) is 0.471. The maximum absolute atomic E-state index is 11.6. The molecule has 0 bridgehead atoms. The van der Waals surface area contributed by atoms with Gasteiger partial charge >= 0.3 is 0 Å². The van der Waals surface area contributed by atoms with Gasteiger partial charge in [0, 0.05) is 23.6 Å². The highest BCUT2D eigenvalue weighted by Gasteiger charge is 2.20. The molecule has 1 aromatic carbocycles. The number of aryl methyl sites for hydroxylation is 1. The van der Waals surface area contributed by atoms with E-state index in [9.17, 15) is 4.79 Å². The Labute approximate surface area is 125 Å². The molecule has 1 fully saturated rings. The van der Waals surface area contributed by atoms with E-state index < -0.39 is 0 Å². The topological polar surface area (TPSA) is 56.9 Å². The number of aromatic nitrogens is 1. The first kappa shape index (κ1) is 14.1.